The lowest BCUT2D eigenvalue weighted by molar-refractivity contribution is 0.309. The van der Waals surface area contributed by atoms with Gasteiger partial charge in [-0.2, -0.15) is 0 Å². The Kier molecular flexibility index (Phi) is 25.1. The number of hydrogen-bond donors (Lipinski definition) is 1. The molecule has 0 fully saturated rings. The van der Waals surface area contributed by atoms with Crippen molar-refractivity contribution in [3.63, 3.8) is 0 Å². The van der Waals surface area contributed by atoms with Crippen LogP contribution in [0.3, 0.4) is 0 Å². The van der Waals surface area contributed by atoms with Gasteiger partial charge in [0.25, 0.3) is 0 Å². The third kappa shape index (κ3) is 27.7. The fraction of sp³-hybridized carbons (Fsp3) is 0.879. The molecule has 0 saturated heterocycles. The molecule has 0 amide bonds. The average molecular weight is 476 g/mol. The Morgan fingerprint density at radius 1 is 0.529 bits per heavy atom. The molecule has 1 nitrogen and oxygen atoms in total. The predicted molar refractivity (Wildman–Crippen MR) is 158 cm³/mol. The summed E-state index contributed by atoms with van der Waals surface area (Å²) < 4.78 is 0. The average Bonchev–Trinajstić information content (AvgIpc) is 2.79. The second-order valence-corrected chi connectivity index (χ2v) is 11.7. The third-order valence-electron chi connectivity index (χ3n) is 7.09. The lowest BCUT2D eigenvalue weighted by atomic mass is 9.84. The zero-order valence-electron chi connectivity index (χ0n) is 24.2. The maximum atomic E-state index is 6.38. The lowest BCUT2D eigenvalue weighted by Gasteiger charge is -2.26. The van der Waals surface area contributed by atoms with Crippen molar-refractivity contribution in [2.24, 2.45) is 11.7 Å². The van der Waals surface area contributed by atoms with Crippen LogP contribution in [0.1, 0.15) is 175 Å². The van der Waals surface area contributed by atoms with Crippen LogP contribution >= 0.6 is 0 Å². The van der Waals surface area contributed by atoms with Crippen LogP contribution in [-0.4, -0.2) is 5.54 Å². The number of hydrogen-bond acceptors (Lipinski definition) is 1. The molecule has 1 heteroatoms. The molecule has 0 aromatic heterocycles. The summed E-state index contributed by atoms with van der Waals surface area (Å²) in [6.07, 6.45) is 40.9. The van der Waals surface area contributed by atoms with Crippen molar-refractivity contribution in [1.82, 2.24) is 0 Å². The second-order valence-electron chi connectivity index (χ2n) is 11.7. The summed E-state index contributed by atoms with van der Waals surface area (Å²) in [7, 11) is 0. The van der Waals surface area contributed by atoms with Crippen LogP contribution in [0.5, 0.6) is 0 Å². The van der Waals surface area contributed by atoms with Gasteiger partial charge in [-0.25, -0.2) is 0 Å². The van der Waals surface area contributed by atoms with E-state index in [9.17, 15) is 0 Å². The fourth-order valence-corrected chi connectivity index (χ4v) is 5.08. The van der Waals surface area contributed by atoms with E-state index in [0.29, 0.717) is 0 Å². The molecule has 0 aliphatic carbocycles. The van der Waals surface area contributed by atoms with Crippen molar-refractivity contribution in [3.8, 4) is 0 Å². The first-order valence-corrected chi connectivity index (χ1v) is 15.6. The molecule has 0 heterocycles. The van der Waals surface area contributed by atoms with E-state index < -0.39 is 0 Å². The van der Waals surface area contributed by atoms with E-state index >= 15 is 0 Å². The van der Waals surface area contributed by atoms with Gasteiger partial charge in [0.05, 0.1) is 0 Å². The summed E-state index contributed by atoms with van der Waals surface area (Å²) in [6.45, 7) is 9.00. The topological polar surface area (TPSA) is 26.0 Å². The van der Waals surface area contributed by atoms with Crippen LogP contribution in [0, 0.1) is 5.92 Å². The quantitative estimate of drug-likeness (QED) is 0.0976. The van der Waals surface area contributed by atoms with Crippen molar-refractivity contribution >= 4 is 0 Å². The third-order valence-corrected chi connectivity index (χ3v) is 7.09. The van der Waals surface area contributed by atoms with Crippen molar-refractivity contribution in [1.29, 1.82) is 0 Å². The highest BCUT2D eigenvalue weighted by Gasteiger charge is 2.18. The van der Waals surface area contributed by atoms with Crippen molar-refractivity contribution < 1.29 is 0 Å². The summed E-state index contributed by atoms with van der Waals surface area (Å²) in [6, 6.07) is 0. The second kappa shape index (κ2) is 25.5. The zero-order valence-corrected chi connectivity index (χ0v) is 24.2. The minimum absolute atomic E-state index is 0.00877. The summed E-state index contributed by atoms with van der Waals surface area (Å²) in [4.78, 5) is 0. The first kappa shape index (κ1) is 33.4. The molecular weight excluding hydrogens is 410 g/mol. The number of unbranched alkanes of at least 4 members (excludes halogenated alkanes) is 16. The Balaban J connectivity index is 3.65. The van der Waals surface area contributed by atoms with Gasteiger partial charge in [0.1, 0.15) is 0 Å². The molecule has 0 aromatic carbocycles. The molecule has 0 aliphatic heterocycles. The highest BCUT2D eigenvalue weighted by atomic mass is 14.7. The van der Waals surface area contributed by atoms with Gasteiger partial charge in [0, 0.05) is 5.54 Å². The van der Waals surface area contributed by atoms with Gasteiger partial charge >= 0.3 is 0 Å². The molecule has 0 aliphatic rings. The summed E-state index contributed by atoms with van der Waals surface area (Å²) >= 11 is 0. The largest absolute Gasteiger partial charge is 0.326 e. The van der Waals surface area contributed by atoms with Crippen molar-refractivity contribution in [3.05, 3.63) is 24.3 Å². The first-order chi connectivity index (χ1) is 16.5. The van der Waals surface area contributed by atoms with Crippen molar-refractivity contribution in [2.45, 2.75) is 181 Å². The Morgan fingerprint density at radius 3 is 1.38 bits per heavy atom. The maximum Gasteiger partial charge on any atom is 0.00996 e. The summed E-state index contributed by atoms with van der Waals surface area (Å²) in [5.74, 6) is 0.841. The molecule has 0 bridgehead atoms. The Bertz CT molecular complexity index is 442. The lowest BCUT2D eigenvalue weighted by Crippen LogP contribution is -2.34. The van der Waals surface area contributed by atoms with E-state index in [0.717, 1.165) is 12.3 Å². The molecule has 0 radical (unpaired) electrons. The molecule has 2 N–H and O–H groups in total. The smallest absolute Gasteiger partial charge is 0.00996 e. The minimum atomic E-state index is -0.00877. The standard InChI is InChI=1S/C33H65N/c1-5-7-9-11-13-14-15-16-17-18-19-20-21-22-24-26-28-30-32(31-33(3,4)34)29-27-25-23-12-10-8-6-2/h13-14,16-17,32H,5-12,15,18-31,34H2,1-4H3. The molecule has 34 heavy (non-hydrogen) atoms. The van der Waals surface area contributed by atoms with E-state index in [1.54, 1.807) is 0 Å². The first-order valence-electron chi connectivity index (χ1n) is 15.6. The van der Waals surface area contributed by atoms with E-state index in [1.165, 1.54) is 141 Å². The van der Waals surface area contributed by atoms with Crippen LogP contribution < -0.4 is 5.73 Å². The van der Waals surface area contributed by atoms with Crippen LogP contribution in [0.25, 0.3) is 0 Å². The van der Waals surface area contributed by atoms with Gasteiger partial charge in [-0.1, -0.05) is 147 Å². The maximum absolute atomic E-state index is 6.38. The van der Waals surface area contributed by atoms with Crippen LogP contribution in [0.4, 0.5) is 0 Å². The van der Waals surface area contributed by atoms with E-state index in [4.69, 9.17) is 5.73 Å². The van der Waals surface area contributed by atoms with Gasteiger partial charge in [-0.05, 0) is 58.3 Å². The predicted octanol–water partition coefficient (Wildman–Crippen LogP) is 11.5. The van der Waals surface area contributed by atoms with E-state index in [1.807, 2.05) is 0 Å². The van der Waals surface area contributed by atoms with Crippen LogP contribution in [-0.2, 0) is 0 Å². The van der Waals surface area contributed by atoms with Crippen LogP contribution in [0.2, 0.25) is 0 Å². The summed E-state index contributed by atoms with van der Waals surface area (Å²) in [5.41, 5.74) is 6.37. The molecule has 1 atom stereocenters. The molecule has 0 spiro atoms. The molecular formula is C33H65N. The highest BCUT2D eigenvalue weighted by molar-refractivity contribution is 4.92. The van der Waals surface area contributed by atoms with Crippen LogP contribution in [0.15, 0.2) is 24.3 Å². The van der Waals surface area contributed by atoms with E-state index in [-0.39, 0.29) is 5.54 Å². The molecule has 0 rings (SSSR count). The normalized spacial score (nSPS) is 13.4. The van der Waals surface area contributed by atoms with E-state index in [2.05, 4.69) is 52.0 Å². The Morgan fingerprint density at radius 2 is 0.912 bits per heavy atom. The van der Waals surface area contributed by atoms with Gasteiger partial charge in [-0.3, -0.25) is 0 Å². The SMILES string of the molecule is CCCCCC=CCC=CCCCCCCCCCC(CCCCCCCCC)CC(C)(C)N. The molecule has 202 valence electrons. The molecule has 0 aromatic rings. The number of nitrogens with two attached hydrogens (primary N) is 1. The minimum Gasteiger partial charge on any atom is -0.326 e. The monoisotopic (exact) mass is 476 g/mol. The fourth-order valence-electron chi connectivity index (χ4n) is 5.08. The molecule has 0 saturated carbocycles. The number of allylic oxidation sites excluding steroid dienone is 4. The van der Waals surface area contributed by atoms with Gasteiger partial charge < -0.3 is 5.73 Å². The van der Waals surface area contributed by atoms with Crippen molar-refractivity contribution in [2.75, 3.05) is 0 Å². The Hall–Kier alpha value is -0.560. The van der Waals surface area contributed by atoms with Gasteiger partial charge in [0.15, 0.2) is 0 Å². The molecule has 1 unspecified atom stereocenters. The number of rotatable bonds is 26. The Labute approximate surface area is 216 Å². The van der Waals surface area contributed by atoms with Gasteiger partial charge in [0.2, 0.25) is 0 Å². The zero-order chi connectivity index (χ0) is 25.2. The van der Waals surface area contributed by atoms with Gasteiger partial charge in [-0.15, -0.1) is 0 Å². The highest BCUT2D eigenvalue weighted by Crippen LogP contribution is 2.26. The summed E-state index contributed by atoms with van der Waals surface area (Å²) in [5, 5.41) is 0.